The summed E-state index contributed by atoms with van der Waals surface area (Å²) in [6.45, 7) is 9.74. The van der Waals surface area contributed by atoms with Crippen molar-refractivity contribution in [2.24, 2.45) is 10.8 Å². The van der Waals surface area contributed by atoms with E-state index in [-0.39, 0.29) is 28.7 Å². The highest BCUT2D eigenvalue weighted by Crippen LogP contribution is 2.28. The van der Waals surface area contributed by atoms with Crippen molar-refractivity contribution in [1.82, 2.24) is 10.3 Å². The van der Waals surface area contributed by atoms with Gasteiger partial charge in [0.25, 0.3) is 15.9 Å². The molecule has 0 bridgehead atoms. The number of aliphatic hydroxyl groups is 1. The molecule has 2 aromatic carbocycles. The minimum Gasteiger partial charge on any atom is -0.493 e. The lowest BCUT2D eigenvalue weighted by Crippen LogP contribution is -2.44. The van der Waals surface area contributed by atoms with E-state index in [1.807, 2.05) is 6.92 Å². The molecular weight excluding hydrogens is 494 g/mol. The first-order valence-corrected chi connectivity index (χ1v) is 13.4. The molecule has 198 valence electrons. The van der Waals surface area contributed by atoms with Crippen molar-refractivity contribution >= 4 is 27.5 Å². The lowest BCUT2D eigenvalue weighted by molar-refractivity contribution is -0.118. The van der Waals surface area contributed by atoms with E-state index in [4.69, 9.17) is 15.6 Å². The second kappa shape index (κ2) is 11.9. The first kappa shape index (κ1) is 27.8. The topological polar surface area (TPSA) is 146 Å². The Morgan fingerprint density at radius 2 is 1.92 bits per heavy atom. The number of hydrogen-bond acceptors (Lipinski definition) is 8. The summed E-state index contributed by atoms with van der Waals surface area (Å²) in [7, 11) is -3.99. The van der Waals surface area contributed by atoms with E-state index in [0.29, 0.717) is 42.1 Å². The molecule has 0 fully saturated rings. The number of anilines is 1. The Kier molecular flexibility index (Phi) is 8.95. The highest BCUT2D eigenvalue weighted by Gasteiger charge is 2.30. The molecule has 0 unspecified atom stereocenters. The molecule has 2 aromatic rings. The summed E-state index contributed by atoms with van der Waals surface area (Å²) in [4.78, 5) is 13.0. The van der Waals surface area contributed by atoms with Crippen LogP contribution in [0.15, 0.2) is 76.1 Å². The molecule has 11 heteroatoms. The number of rotatable bonds is 11. The molecule has 0 spiro atoms. The van der Waals surface area contributed by atoms with E-state index in [2.05, 4.69) is 21.7 Å². The molecule has 0 atom stereocenters. The Balaban J connectivity index is 2.05. The molecule has 10 nitrogen and oxygen atoms in total. The summed E-state index contributed by atoms with van der Waals surface area (Å²) in [5, 5.41) is 17.8. The molecule has 37 heavy (non-hydrogen) atoms. The lowest BCUT2D eigenvalue weighted by atomic mass is 10.1. The average Bonchev–Trinajstić information content (AvgIpc) is 2.85. The largest absolute Gasteiger partial charge is 0.493 e. The number of amidine groups is 1. The van der Waals surface area contributed by atoms with Crippen molar-refractivity contribution < 1.29 is 23.1 Å². The first-order chi connectivity index (χ1) is 17.6. The van der Waals surface area contributed by atoms with Crippen LogP contribution in [0.3, 0.4) is 0 Å². The monoisotopic (exact) mass is 527 g/mol. The van der Waals surface area contributed by atoms with Crippen LogP contribution >= 0.6 is 0 Å². The molecule has 0 aromatic heterocycles. The third kappa shape index (κ3) is 6.49. The number of carbonyl (C=O) groups is 1. The Hall–Kier alpha value is -3.83. The van der Waals surface area contributed by atoms with Crippen LogP contribution < -0.4 is 20.5 Å². The lowest BCUT2D eigenvalue weighted by Gasteiger charge is -2.30. The smallest absolute Gasteiger partial charge is 0.277 e. The van der Waals surface area contributed by atoms with Crippen LogP contribution in [0, 0.1) is 0 Å². The summed E-state index contributed by atoms with van der Waals surface area (Å²) >= 11 is 0. The zero-order valence-corrected chi connectivity index (χ0v) is 22.1. The quantitative estimate of drug-likeness (QED) is 0.329. The van der Waals surface area contributed by atoms with Gasteiger partial charge in [0.2, 0.25) is 0 Å². The second-order valence-electron chi connectivity index (χ2n) is 8.43. The number of hydrogen-bond donors (Lipinski definition) is 4. The Bertz CT molecular complexity index is 1330. The molecule has 5 N–H and O–H groups in total. The first-order valence-electron chi connectivity index (χ1n) is 11.9. The van der Waals surface area contributed by atoms with E-state index >= 15 is 0 Å². The Labute approximate surface area is 217 Å². The SMILES string of the molecule is C=C(CCC)N1N=C(c2cc(S(=O)(=O)Nc3ccc(CCO)cc3)ccc2OCC)NC(=O)/C1=C(\C)N. The molecule has 0 saturated carbocycles. The highest BCUT2D eigenvalue weighted by atomic mass is 32.2. The van der Waals surface area contributed by atoms with Crippen molar-refractivity contribution in [3.05, 3.63) is 77.3 Å². The number of hydrazone groups is 1. The van der Waals surface area contributed by atoms with Crippen LogP contribution in [0.5, 0.6) is 5.75 Å². The van der Waals surface area contributed by atoms with Gasteiger partial charge in [0.1, 0.15) is 11.4 Å². The van der Waals surface area contributed by atoms with Gasteiger partial charge in [-0.2, -0.15) is 0 Å². The van der Waals surface area contributed by atoms with Crippen LogP contribution in [0.2, 0.25) is 0 Å². The molecule has 1 aliphatic rings. The van der Waals surface area contributed by atoms with Gasteiger partial charge < -0.3 is 20.9 Å². The number of nitrogens with one attached hydrogen (secondary N) is 2. The average molecular weight is 528 g/mol. The summed E-state index contributed by atoms with van der Waals surface area (Å²) in [6, 6.07) is 11.1. The molecular formula is C26H33N5O5S. The third-order valence-electron chi connectivity index (χ3n) is 5.49. The van der Waals surface area contributed by atoms with Crippen LogP contribution in [-0.2, 0) is 21.2 Å². The fourth-order valence-corrected chi connectivity index (χ4v) is 4.84. The number of aliphatic hydroxyl groups excluding tert-OH is 1. The van der Waals surface area contributed by atoms with Gasteiger partial charge in [0.05, 0.1) is 17.1 Å². The van der Waals surface area contributed by atoms with Crippen molar-refractivity contribution in [3.8, 4) is 5.75 Å². The van der Waals surface area contributed by atoms with Gasteiger partial charge in [-0.05, 0) is 62.6 Å². The van der Waals surface area contributed by atoms with Gasteiger partial charge in [-0.1, -0.05) is 32.1 Å². The second-order valence-corrected chi connectivity index (χ2v) is 10.1. The van der Waals surface area contributed by atoms with Crippen molar-refractivity contribution in [3.63, 3.8) is 0 Å². The maximum Gasteiger partial charge on any atom is 0.277 e. The summed E-state index contributed by atoms with van der Waals surface area (Å²) < 4.78 is 34.7. The van der Waals surface area contributed by atoms with E-state index in [9.17, 15) is 13.2 Å². The molecule has 0 aliphatic carbocycles. The number of sulfonamides is 1. The fourth-order valence-electron chi connectivity index (χ4n) is 3.75. The molecule has 1 amide bonds. The Morgan fingerprint density at radius 1 is 1.22 bits per heavy atom. The minimum atomic E-state index is -3.99. The molecule has 0 saturated heterocycles. The number of nitrogens with two attached hydrogens (primary N) is 1. The summed E-state index contributed by atoms with van der Waals surface area (Å²) in [5.41, 5.74) is 8.52. The summed E-state index contributed by atoms with van der Waals surface area (Å²) in [5.74, 6) is -0.0213. The standard InChI is InChI=1S/C26H33N5O5S/c1-5-7-17(3)31-24(18(4)27)26(33)28-25(29-31)22-16-21(12-13-23(22)36-6-2)37(34,35)30-20-10-8-19(9-11-20)14-15-32/h8-13,16,30,32H,3,5-7,14-15,27H2,1-2,4H3,(H,28,29,33)/b24-18-. The Morgan fingerprint density at radius 3 is 2.51 bits per heavy atom. The zero-order chi connectivity index (χ0) is 27.2. The van der Waals surface area contributed by atoms with Crippen LogP contribution in [0.4, 0.5) is 5.69 Å². The van der Waals surface area contributed by atoms with Gasteiger partial charge in [0.15, 0.2) is 5.84 Å². The third-order valence-corrected chi connectivity index (χ3v) is 6.87. The number of amides is 1. The predicted molar refractivity (Wildman–Crippen MR) is 143 cm³/mol. The van der Waals surface area contributed by atoms with Gasteiger partial charge >= 0.3 is 0 Å². The maximum absolute atomic E-state index is 13.2. The minimum absolute atomic E-state index is 0.00576. The van der Waals surface area contributed by atoms with Crippen molar-refractivity contribution in [2.75, 3.05) is 17.9 Å². The van der Waals surface area contributed by atoms with Gasteiger partial charge in [0, 0.05) is 23.7 Å². The van der Waals surface area contributed by atoms with Gasteiger partial charge in [-0.25, -0.2) is 13.4 Å². The van der Waals surface area contributed by atoms with E-state index in [1.165, 1.54) is 23.2 Å². The van der Waals surface area contributed by atoms with Gasteiger partial charge in [-0.15, -0.1) is 5.10 Å². The number of benzene rings is 2. The molecule has 1 heterocycles. The zero-order valence-electron chi connectivity index (χ0n) is 21.2. The van der Waals surface area contributed by atoms with E-state index in [0.717, 1.165) is 12.0 Å². The number of allylic oxidation sites excluding steroid dienone is 2. The van der Waals surface area contributed by atoms with Crippen LogP contribution in [0.25, 0.3) is 0 Å². The van der Waals surface area contributed by atoms with Crippen molar-refractivity contribution in [2.45, 2.75) is 44.9 Å². The number of carbonyl (C=O) groups excluding carboxylic acids is 1. The normalized spacial score (nSPS) is 15.1. The van der Waals surface area contributed by atoms with E-state index in [1.54, 1.807) is 38.1 Å². The molecule has 3 rings (SSSR count). The summed E-state index contributed by atoms with van der Waals surface area (Å²) in [6.07, 6.45) is 1.84. The van der Waals surface area contributed by atoms with Gasteiger partial charge in [-0.3, -0.25) is 9.52 Å². The van der Waals surface area contributed by atoms with Crippen LogP contribution in [0.1, 0.15) is 44.7 Å². The maximum atomic E-state index is 13.2. The van der Waals surface area contributed by atoms with Crippen LogP contribution in [-0.4, -0.2) is 43.5 Å². The molecule has 1 aliphatic heterocycles. The number of nitrogens with zero attached hydrogens (tertiary/aromatic N) is 2. The predicted octanol–water partition coefficient (Wildman–Crippen LogP) is 3.02. The number of ether oxygens (including phenoxy) is 1. The highest BCUT2D eigenvalue weighted by molar-refractivity contribution is 7.92. The fraction of sp³-hybridized carbons (Fsp3) is 0.308. The molecule has 0 radical (unpaired) electrons. The van der Waals surface area contributed by atoms with Crippen molar-refractivity contribution in [1.29, 1.82) is 0 Å². The van der Waals surface area contributed by atoms with E-state index < -0.39 is 15.9 Å².